The van der Waals surface area contributed by atoms with Crippen LogP contribution in [0.3, 0.4) is 0 Å². The third-order valence-electron chi connectivity index (χ3n) is 6.99. The number of hydrogen-bond acceptors (Lipinski definition) is 5. The molecule has 3 aliphatic rings. The molecule has 2 amide bonds. The van der Waals surface area contributed by atoms with Gasteiger partial charge in [0, 0.05) is 17.7 Å². The van der Waals surface area contributed by atoms with Gasteiger partial charge in [0.25, 0.3) is 11.8 Å². The Morgan fingerprint density at radius 3 is 1.92 bits per heavy atom. The van der Waals surface area contributed by atoms with Gasteiger partial charge in [0.1, 0.15) is 17.3 Å². The van der Waals surface area contributed by atoms with Crippen LogP contribution in [0.25, 0.3) is 0 Å². The molecule has 0 unspecified atom stereocenters. The molecular weight excluding hydrogens is 522 g/mol. The fourth-order valence-corrected chi connectivity index (χ4v) is 4.99. The lowest BCUT2D eigenvalue weighted by Gasteiger charge is -2.56. The van der Waals surface area contributed by atoms with Crippen LogP contribution in [0.4, 0.5) is 26.3 Å². The minimum atomic E-state index is -4.86. The van der Waals surface area contributed by atoms with Crippen molar-refractivity contribution in [2.24, 2.45) is 0 Å². The molecular formula is C25H24F6N2O5. The van der Waals surface area contributed by atoms with Crippen LogP contribution in [0.2, 0.25) is 0 Å². The zero-order chi connectivity index (χ0) is 27.7. The smallest absolute Gasteiger partial charge is 0.419 e. The molecule has 0 aliphatic heterocycles. The topological polar surface area (TPSA) is 96.9 Å². The van der Waals surface area contributed by atoms with Gasteiger partial charge in [0.15, 0.2) is 24.8 Å². The molecule has 1 atom stereocenters. The second kappa shape index (κ2) is 10.4. The standard InChI is InChI=1S/C25H24F6N2O5/c26-17-4-2-15(10-19(17)28)37-12-21(35)32-23-5-7-24(8-6-23,20(34)11-23)33-22(36)13-38-14-1-3-16(18(27)9-14)25(29,30)31/h1-4,9-10,20,34H,5-8,11-13H2,(H,32,35)(H,33,36)/t20-,23?,24?/m0/s1. The summed E-state index contributed by atoms with van der Waals surface area (Å²) in [5, 5.41) is 16.4. The molecule has 7 nitrogen and oxygen atoms in total. The number of alkyl halides is 3. The SMILES string of the molecule is O=C(COc1ccc(F)c(F)c1)NC12CCC(NC(=O)COc3ccc(C(F)(F)F)c(F)c3)(CC1)[C@@H](O)C2. The quantitative estimate of drug-likeness (QED) is 0.440. The van der Waals surface area contributed by atoms with Crippen LogP contribution in [-0.4, -0.2) is 47.3 Å². The molecule has 0 heterocycles. The Bertz CT molecular complexity index is 1210. The molecule has 2 aromatic rings. The molecule has 3 N–H and O–H groups in total. The van der Waals surface area contributed by atoms with Gasteiger partial charge in [0.05, 0.1) is 17.2 Å². The first-order valence-corrected chi connectivity index (χ1v) is 11.7. The molecule has 38 heavy (non-hydrogen) atoms. The summed E-state index contributed by atoms with van der Waals surface area (Å²) >= 11 is 0. The summed E-state index contributed by atoms with van der Waals surface area (Å²) in [7, 11) is 0. The number of ether oxygens (including phenoxy) is 2. The van der Waals surface area contributed by atoms with E-state index in [4.69, 9.17) is 9.47 Å². The summed E-state index contributed by atoms with van der Waals surface area (Å²) in [6.45, 7) is -1.06. The van der Waals surface area contributed by atoms with Crippen molar-refractivity contribution in [2.75, 3.05) is 13.2 Å². The summed E-state index contributed by atoms with van der Waals surface area (Å²) in [6.07, 6.45) is -4.27. The van der Waals surface area contributed by atoms with E-state index in [0.29, 0.717) is 37.8 Å². The number of halogens is 6. The highest BCUT2D eigenvalue weighted by atomic mass is 19.4. The van der Waals surface area contributed by atoms with Crippen molar-refractivity contribution in [2.45, 2.75) is 55.5 Å². The monoisotopic (exact) mass is 546 g/mol. The average Bonchev–Trinajstić information content (AvgIpc) is 2.84. The second-order valence-electron chi connectivity index (χ2n) is 9.55. The summed E-state index contributed by atoms with van der Waals surface area (Å²) in [4.78, 5) is 24.9. The van der Waals surface area contributed by atoms with Crippen LogP contribution in [0, 0.1) is 17.5 Å². The predicted octanol–water partition coefficient (Wildman–Crippen LogP) is 3.63. The number of rotatable bonds is 8. The first kappa shape index (κ1) is 27.6. The molecule has 0 aromatic heterocycles. The number of amides is 2. The van der Waals surface area contributed by atoms with Gasteiger partial charge >= 0.3 is 6.18 Å². The highest BCUT2D eigenvalue weighted by Crippen LogP contribution is 2.47. The van der Waals surface area contributed by atoms with Crippen LogP contribution in [0.1, 0.15) is 37.7 Å². The number of hydrogen-bond donors (Lipinski definition) is 3. The predicted molar refractivity (Wildman–Crippen MR) is 120 cm³/mol. The fourth-order valence-electron chi connectivity index (χ4n) is 4.99. The summed E-state index contributed by atoms with van der Waals surface area (Å²) in [5.74, 6) is -5.14. The number of aliphatic hydroxyl groups excluding tert-OH is 1. The molecule has 13 heteroatoms. The molecule has 206 valence electrons. The van der Waals surface area contributed by atoms with Gasteiger partial charge < -0.3 is 25.2 Å². The lowest BCUT2D eigenvalue weighted by atomic mass is 9.60. The van der Waals surface area contributed by atoms with Crippen molar-refractivity contribution in [1.82, 2.24) is 10.6 Å². The van der Waals surface area contributed by atoms with E-state index in [0.717, 1.165) is 18.2 Å². The minimum Gasteiger partial charge on any atom is -0.484 e. The van der Waals surface area contributed by atoms with Gasteiger partial charge in [0.2, 0.25) is 0 Å². The highest BCUT2D eigenvalue weighted by Gasteiger charge is 2.55. The maximum atomic E-state index is 13.7. The van der Waals surface area contributed by atoms with E-state index in [1.807, 2.05) is 0 Å². The molecule has 5 rings (SSSR count). The maximum Gasteiger partial charge on any atom is 0.419 e. The van der Waals surface area contributed by atoms with E-state index in [-0.39, 0.29) is 17.9 Å². The number of carbonyl (C=O) groups is 2. The summed E-state index contributed by atoms with van der Waals surface area (Å²) in [5.41, 5.74) is -3.18. The first-order chi connectivity index (χ1) is 17.8. The third-order valence-corrected chi connectivity index (χ3v) is 6.99. The van der Waals surface area contributed by atoms with Crippen LogP contribution >= 0.6 is 0 Å². The molecule has 2 bridgehead atoms. The van der Waals surface area contributed by atoms with Gasteiger partial charge in [-0.05, 0) is 56.4 Å². The zero-order valence-corrected chi connectivity index (χ0v) is 19.8. The van der Waals surface area contributed by atoms with Gasteiger partial charge in [-0.2, -0.15) is 13.2 Å². The second-order valence-corrected chi connectivity index (χ2v) is 9.55. The number of benzene rings is 2. The Morgan fingerprint density at radius 1 is 0.842 bits per heavy atom. The average molecular weight is 546 g/mol. The molecule has 3 fully saturated rings. The normalized spacial score (nSPS) is 24.6. The van der Waals surface area contributed by atoms with E-state index in [2.05, 4.69) is 10.6 Å². The molecule has 2 aromatic carbocycles. The van der Waals surface area contributed by atoms with Crippen molar-refractivity contribution in [1.29, 1.82) is 0 Å². The van der Waals surface area contributed by atoms with E-state index in [1.165, 1.54) is 6.07 Å². The van der Waals surface area contributed by atoms with Crippen molar-refractivity contribution in [3.8, 4) is 11.5 Å². The molecule has 0 radical (unpaired) electrons. The molecule has 0 spiro atoms. The Labute approximate surface area is 213 Å². The van der Waals surface area contributed by atoms with Crippen molar-refractivity contribution in [3.05, 3.63) is 59.4 Å². The van der Waals surface area contributed by atoms with Gasteiger partial charge in [-0.3, -0.25) is 9.59 Å². The van der Waals surface area contributed by atoms with Crippen LogP contribution in [0.15, 0.2) is 36.4 Å². The Hall–Kier alpha value is -3.48. The molecule has 0 saturated heterocycles. The van der Waals surface area contributed by atoms with E-state index in [9.17, 15) is 41.0 Å². The minimum absolute atomic E-state index is 0.0214. The summed E-state index contributed by atoms with van der Waals surface area (Å²) in [6, 6.07) is 4.84. The number of nitrogens with one attached hydrogen (secondary N) is 2. The van der Waals surface area contributed by atoms with Crippen LogP contribution in [-0.2, 0) is 15.8 Å². The fraction of sp³-hybridized carbons (Fsp3) is 0.440. The van der Waals surface area contributed by atoms with Crippen LogP contribution < -0.4 is 20.1 Å². The van der Waals surface area contributed by atoms with Crippen LogP contribution in [0.5, 0.6) is 11.5 Å². The van der Waals surface area contributed by atoms with Gasteiger partial charge in [-0.1, -0.05) is 0 Å². The molecule has 3 saturated carbocycles. The van der Waals surface area contributed by atoms with Gasteiger partial charge in [-0.25, -0.2) is 13.2 Å². The van der Waals surface area contributed by atoms with Crippen molar-refractivity contribution >= 4 is 11.8 Å². The Kier molecular flexibility index (Phi) is 7.51. The largest absolute Gasteiger partial charge is 0.484 e. The Balaban J connectivity index is 1.28. The number of aliphatic hydroxyl groups is 1. The van der Waals surface area contributed by atoms with E-state index < -0.39 is 71.4 Å². The Morgan fingerprint density at radius 2 is 1.39 bits per heavy atom. The molecule has 3 aliphatic carbocycles. The van der Waals surface area contributed by atoms with E-state index >= 15 is 0 Å². The maximum absolute atomic E-state index is 13.7. The zero-order valence-electron chi connectivity index (χ0n) is 19.8. The van der Waals surface area contributed by atoms with E-state index in [1.54, 1.807) is 0 Å². The lowest BCUT2D eigenvalue weighted by Crippen LogP contribution is -2.70. The van der Waals surface area contributed by atoms with Crippen molar-refractivity contribution in [3.63, 3.8) is 0 Å². The van der Waals surface area contributed by atoms with Gasteiger partial charge in [-0.15, -0.1) is 0 Å². The lowest BCUT2D eigenvalue weighted by molar-refractivity contribution is -0.140. The number of fused-ring (bicyclic) bond motifs is 3. The summed E-state index contributed by atoms with van der Waals surface area (Å²) < 4.78 is 88.4. The first-order valence-electron chi connectivity index (χ1n) is 11.7. The highest BCUT2D eigenvalue weighted by molar-refractivity contribution is 5.79. The van der Waals surface area contributed by atoms with Crippen molar-refractivity contribution < 1.29 is 50.5 Å². The number of carbonyl (C=O) groups excluding carboxylic acids is 2. The third kappa shape index (κ3) is 5.98.